The summed E-state index contributed by atoms with van der Waals surface area (Å²) in [5, 5.41) is 2.69. The van der Waals surface area contributed by atoms with Gasteiger partial charge in [-0.05, 0) is 54.7 Å². The van der Waals surface area contributed by atoms with Crippen molar-refractivity contribution >= 4 is 11.7 Å². The maximum atomic E-state index is 11.9. The number of hydrogen-bond acceptors (Lipinski definition) is 4. The van der Waals surface area contributed by atoms with Gasteiger partial charge in [-0.1, -0.05) is 24.3 Å². The van der Waals surface area contributed by atoms with E-state index in [1.807, 2.05) is 48.5 Å². The number of carbonyl (C=O) groups excluding carboxylic acids is 2. The van der Waals surface area contributed by atoms with E-state index in [1.54, 1.807) is 14.2 Å². The van der Waals surface area contributed by atoms with E-state index < -0.39 is 5.91 Å². The van der Waals surface area contributed by atoms with Gasteiger partial charge in [-0.25, -0.2) is 0 Å². The second-order valence-corrected chi connectivity index (χ2v) is 5.99. The van der Waals surface area contributed by atoms with Crippen LogP contribution in [0.1, 0.15) is 24.0 Å². The first-order valence-electron chi connectivity index (χ1n) is 8.69. The van der Waals surface area contributed by atoms with Crippen molar-refractivity contribution in [3.8, 4) is 11.5 Å². The van der Waals surface area contributed by atoms with Gasteiger partial charge < -0.3 is 14.8 Å². The predicted octanol–water partition coefficient (Wildman–Crippen LogP) is 2.95. The summed E-state index contributed by atoms with van der Waals surface area (Å²) in [6.45, 7) is 0.424. The number of ketones is 1. The van der Waals surface area contributed by atoms with Gasteiger partial charge in [0, 0.05) is 13.0 Å². The molecule has 0 atom stereocenters. The Kier molecular flexibility index (Phi) is 7.68. The largest absolute Gasteiger partial charge is 0.497 e. The van der Waals surface area contributed by atoms with E-state index in [0.717, 1.165) is 29.0 Å². The van der Waals surface area contributed by atoms with Crippen molar-refractivity contribution in [1.82, 2.24) is 5.32 Å². The minimum absolute atomic E-state index is 0.238. The normalized spacial score (nSPS) is 10.2. The molecule has 0 radical (unpaired) electrons. The Morgan fingerprint density at radius 3 is 2.04 bits per heavy atom. The van der Waals surface area contributed by atoms with Crippen LogP contribution in [0.4, 0.5) is 0 Å². The summed E-state index contributed by atoms with van der Waals surface area (Å²) >= 11 is 0. The second kappa shape index (κ2) is 10.2. The molecule has 2 aromatic carbocycles. The van der Waals surface area contributed by atoms with Gasteiger partial charge in [0.2, 0.25) is 5.78 Å². The zero-order valence-corrected chi connectivity index (χ0v) is 15.3. The molecule has 0 spiro atoms. The Labute approximate surface area is 154 Å². The highest BCUT2D eigenvalue weighted by Gasteiger charge is 2.12. The number of hydrogen-bond donors (Lipinski definition) is 1. The Morgan fingerprint density at radius 2 is 1.46 bits per heavy atom. The van der Waals surface area contributed by atoms with E-state index in [9.17, 15) is 9.59 Å². The third-order valence-electron chi connectivity index (χ3n) is 4.09. The van der Waals surface area contributed by atoms with Crippen molar-refractivity contribution in [2.24, 2.45) is 0 Å². The molecule has 0 heterocycles. The van der Waals surface area contributed by atoms with Gasteiger partial charge in [0.15, 0.2) is 0 Å². The lowest BCUT2D eigenvalue weighted by atomic mass is 10.1. The van der Waals surface area contributed by atoms with Crippen molar-refractivity contribution in [3.63, 3.8) is 0 Å². The van der Waals surface area contributed by atoms with E-state index in [-0.39, 0.29) is 12.2 Å². The molecule has 2 aromatic rings. The maximum Gasteiger partial charge on any atom is 0.287 e. The molecule has 2 rings (SSSR count). The first-order valence-corrected chi connectivity index (χ1v) is 8.69. The Bertz CT molecular complexity index is 679. The van der Waals surface area contributed by atoms with Crippen LogP contribution < -0.4 is 14.8 Å². The summed E-state index contributed by atoms with van der Waals surface area (Å²) in [5.74, 6) is 0.684. The molecule has 1 N–H and O–H groups in total. The van der Waals surface area contributed by atoms with Crippen LogP contribution in [0.3, 0.4) is 0 Å². The lowest BCUT2D eigenvalue weighted by molar-refractivity contribution is -0.137. The molecule has 5 nitrogen and oxygen atoms in total. The molecule has 0 fully saturated rings. The second-order valence-electron chi connectivity index (χ2n) is 5.99. The molecule has 0 saturated heterocycles. The van der Waals surface area contributed by atoms with Crippen molar-refractivity contribution in [1.29, 1.82) is 0 Å². The van der Waals surface area contributed by atoms with E-state index in [1.165, 1.54) is 0 Å². The number of rotatable bonds is 10. The van der Waals surface area contributed by atoms with Crippen LogP contribution in [0, 0.1) is 0 Å². The summed E-state index contributed by atoms with van der Waals surface area (Å²) in [4.78, 5) is 23.8. The van der Waals surface area contributed by atoms with Crippen LogP contribution in [-0.4, -0.2) is 32.5 Å². The van der Waals surface area contributed by atoms with Crippen LogP contribution in [0.2, 0.25) is 0 Å². The maximum absolute atomic E-state index is 11.9. The molecule has 0 aliphatic carbocycles. The zero-order valence-electron chi connectivity index (χ0n) is 15.3. The number of ether oxygens (including phenoxy) is 2. The van der Waals surface area contributed by atoms with E-state index in [4.69, 9.17) is 9.47 Å². The third-order valence-corrected chi connectivity index (χ3v) is 4.09. The minimum atomic E-state index is -0.515. The Balaban J connectivity index is 1.69. The lowest BCUT2D eigenvalue weighted by Crippen LogP contribution is -2.32. The first kappa shape index (κ1) is 19.5. The van der Waals surface area contributed by atoms with Crippen molar-refractivity contribution in [2.75, 3.05) is 20.8 Å². The number of benzene rings is 2. The van der Waals surface area contributed by atoms with Crippen molar-refractivity contribution in [2.45, 2.75) is 25.7 Å². The third kappa shape index (κ3) is 6.24. The fourth-order valence-corrected chi connectivity index (χ4v) is 2.64. The highest BCUT2D eigenvalue weighted by Crippen LogP contribution is 2.15. The van der Waals surface area contributed by atoms with Gasteiger partial charge >= 0.3 is 0 Å². The molecule has 0 unspecified atom stereocenters. The SMILES string of the molecule is COc1cccc(CCCC(=O)C(=O)NCCc2cccc(OC)c2)c1. The molecule has 26 heavy (non-hydrogen) atoms. The highest BCUT2D eigenvalue weighted by molar-refractivity contribution is 6.36. The summed E-state index contributed by atoms with van der Waals surface area (Å²) < 4.78 is 10.3. The monoisotopic (exact) mass is 355 g/mol. The molecule has 0 aromatic heterocycles. The van der Waals surface area contributed by atoms with Gasteiger partial charge in [0.1, 0.15) is 11.5 Å². The topological polar surface area (TPSA) is 64.6 Å². The quantitative estimate of drug-likeness (QED) is 0.666. The van der Waals surface area contributed by atoms with E-state index in [2.05, 4.69) is 5.32 Å². The smallest absolute Gasteiger partial charge is 0.287 e. The van der Waals surface area contributed by atoms with E-state index in [0.29, 0.717) is 19.4 Å². The zero-order chi connectivity index (χ0) is 18.8. The molecule has 1 amide bonds. The average molecular weight is 355 g/mol. The molecule has 0 aliphatic rings. The number of aryl methyl sites for hydroxylation is 1. The van der Waals surface area contributed by atoms with Crippen LogP contribution in [-0.2, 0) is 22.4 Å². The average Bonchev–Trinajstić information content (AvgIpc) is 2.68. The minimum Gasteiger partial charge on any atom is -0.497 e. The predicted molar refractivity (Wildman–Crippen MR) is 101 cm³/mol. The van der Waals surface area contributed by atoms with Crippen LogP contribution >= 0.6 is 0 Å². The molecule has 5 heteroatoms. The summed E-state index contributed by atoms with van der Waals surface area (Å²) in [6, 6.07) is 15.4. The first-order chi connectivity index (χ1) is 12.6. The highest BCUT2D eigenvalue weighted by atomic mass is 16.5. The molecular weight excluding hydrogens is 330 g/mol. The van der Waals surface area contributed by atoms with Gasteiger partial charge in [-0.15, -0.1) is 0 Å². The van der Waals surface area contributed by atoms with Crippen LogP contribution in [0.5, 0.6) is 11.5 Å². The molecule has 0 aliphatic heterocycles. The molecule has 0 saturated carbocycles. The molecule has 0 bridgehead atoms. The summed E-state index contributed by atoms with van der Waals surface area (Å²) in [6.07, 6.45) is 2.26. The Hall–Kier alpha value is -2.82. The number of Topliss-reactive ketones (excluding diaryl/α,β-unsaturated/α-hetero) is 1. The van der Waals surface area contributed by atoms with Gasteiger partial charge in [0.25, 0.3) is 5.91 Å². The molecule has 138 valence electrons. The van der Waals surface area contributed by atoms with Crippen LogP contribution in [0.25, 0.3) is 0 Å². The fourth-order valence-electron chi connectivity index (χ4n) is 2.64. The fraction of sp³-hybridized carbons (Fsp3) is 0.333. The summed E-state index contributed by atoms with van der Waals surface area (Å²) in [5.41, 5.74) is 2.14. The number of methoxy groups -OCH3 is 2. The van der Waals surface area contributed by atoms with Crippen molar-refractivity contribution < 1.29 is 19.1 Å². The van der Waals surface area contributed by atoms with Gasteiger partial charge in [0.05, 0.1) is 14.2 Å². The number of amides is 1. The number of nitrogens with one attached hydrogen (secondary N) is 1. The summed E-state index contributed by atoms with van der Waals surface area (Å²) in [7, 11) is 3.24. The van der Waals surface area contributed by atoms with Gasteiger partial charge in [-0.3, -0.25) is 9.59 Å². The van der Waals surface area contributed by atoms with Gasteiger partial charge in [-0.2, -0.15) is 0 Å². The van der Waals surface area contributed by atoms with Crippen LogP contribution in [0.15, 0.2) is 48.5 Å². The standard InChI is InChI=1S/C21H25NO4/c1-25-18-9-3-6-16(14-18)8-5-11-20(23)21(24)22-13-12-17-7-4-10-19(15-17)26-2/h3-4,6-7,9-10,14-15H,5,8,11-13H2,1-2H3,(H,22,24). The lowest BCUT2D eigenvalue weighted by Gasteiger charge is -2.07. The number of carbonyl (C=O) groups is 2. The van der Waals surface area contributed by atoms with Crippen molar-refractivity contribution in [3.05, 3.63) is 59.7 Å². The van der Waals surface area contributed by atoms with E-state index >= 15 is 0 Å². The molecular formula is C21H25NO4. The Morgan fingerprint density at radius 1 is 0.885 bits per heavy atom.